The van der Waals surface area contributed by atoms with Crippen LogP contribution in [-0.4, -0.2) is 53.1 Å². The van der Waals surface area contributed by atoms with Gasteiger partial charge in [0.1, 0.15) is 5.02 Å². The number of anilines is 2. The Morgan fingerprint density at radius 2 is 2.00 bits per heavy atom. The Morgan fingerprint density at radius 1 is 1.33 bits per heavy atom. The highest BCUT2D eigenvalue weighted by molar-refractivity contribution is 6.32. The molecule has 1 N–H and O–H groups in total. The first kappa shape index (κ1) is 21.7. The Hall–Kier alpha value is -3.05. The number of hydrogen-bond acceptors (Lipinski definition) is 6. The average molecular weight is 428 g/mol. The lowest BCUT2D eigenvalue weighted by molar-refractivity contribution is 0.233. The number of hydrogen-bond donors (Lipinski definition) is 1. The fraction of sp³-hybridized carbons (Fsp3) is 0.429. The van der Waals surface area contributed by atoms with Crippen molar-refractivity contribution in [1.82, 2.24) is 14.9 Å². The lowest BCUT2D eigenvalue weighted by atomic mass is 10.1. The monoisotopic (exact) mass is 427 g/mol. The lowest BCUT2D eigenvalue weighted by Crippen LogP contribution is -2.64. The molecule has 1 aromatic heterocycles. The van der Waals surface area contributed by atoms with E-state index >= 15 is 0 Å². The highest BCUT2D eigenvalue weighted by Crippen LogP contribution is 2.31. The molecule has 0 atom stereocenters. The van der Waals surface area contributed by atoms with Gasteiger partial charge in [-0.1, -0.05) is 17.7 Å². The van der Waals surface area contributed by atoms with E-state index in [1.165, 1.54) is 7.11 Å². The van der Waals surface area contributed by atoms with Gasteiger partial charge in [0.15, 0.2) is 5.82 Å². The number of aliphatic imine (C=N–C) groups is 1. The van der Waals surface area contributed by atoms with Crippen molar-refractivity contribution >= 4 is 29.1 Å². The number of halogens is 1. The number of methoxy groups -OCH3 is 1. The first-order valence-electron chi connectivity index (χ1n) is 9.74. The predicted molar refractivity (Wildman–Crippen MR) is 119 cm³/mol. The molecule has 158 valence electrons. The Kier molecular flexibility index (Phi) is 6.63. The fourth-order valence-corrected chi connectivity index (χ4v) is 3.85. The smallest absolute Gasteiger partial charge is 0.318 e. The molecular weight excluding hydrogens is 402 g/mol. The minimum atomic E-state index is 0.159. The van der Waals surface area contributed by atoms with Gasteiger partial charge in [-0.3, -0.25) is 0 Å². The van der Waals surface area contributed by atoms with E-state index in [1.807, 2.05) is 37.1 Å². The first-order valence-corrected chi connectivity index (χ1v) is 10.1. The van der Waals surface area contributed by atoms with Crippen molar-refractivity contribution in [3.63, 3.8) is 0 Å². The molecule has 1 aliphatic rings. The van der Waals surface area contributed by atoms with Crippen LogP contribution in [0.25, 0.3) is 0 Å². The minimum Gasteiger partial charge on any atom is -0.467 e. The summed E-state index contributed by atoms with van der Waals surface area (Å²) in [4.78, 5) is 16.7. The van der Waals surface area contributed by atoms with Crippen LogP contribution in [0.15, 0.2) is 29.4 Å². The summed E-state index contributed by atoms with van der Waals surface area (Å²) in [5.41, 5.74) is 3.21. The molecule has 0 spiro atoms. The molecule has 2 heterocycles. The first-order chi connectivity index (χ1) is 14.3. The summed E-state index contributed by atoms with van der Waals surface area (Å²) >= 11 is 6.39. The molecule has 0 saturated carbocycles. The SMILES string of the molecule is COc1ncc(Cl)c(N(C(C)C)C2CN(/C(=N/C#N)Nc3cc(C)cc(C)c3)C2)n1. The van der Waals surface area contributed by atoms with E-state index in [9.17, 15) is 0 Å². The van der Waals surface area contributed by atoms with Crippen LogP contribution in [0.1, 0.15) is 25.0 Å². The summed E-state index contributed by atoms with van der Waals surface area (Å²) in [6, 6.07) is 6.77. The second kappa shape index (κ2) is 9.18. The molecular formula is C21H26ClN7O. The topological polar surface area (TPSA) is 89.7 Å². The van der Waals surface area contributed by atoms with Crippen LogP contribution in [0, 0.1) is 25.3 Å². The van der Waals surface area contributed by atoms with Crippen LogP contribution in [0.2, 0.25) is 5.02 Å². The van der Waals surface area contributed by atoms with Crippen LogP contribution in [0.3, 0.4) is 0 Å². The van der Waals surface area contributed by atoms with Crippen molar-refractivity contribution in [3.8, 4) is 12.2 Å². The van der Waals surface area contributed by atoms with Crippen molar-refractivity contribution in [2.75, 3.05) is 30.4 Å². The molecule has 1 fully saturated rings. The number of aryl methyl sites for hydroxylation is 2. The van der Waals surface area contributed by atoms with E-state index in [2.05, 4.69) is 45.1 Å². The van der Waals surface area contributed by atoms with Crippen molar-refractivity contribution in [2.45, 2.75) is 39.8 Å². The van der Waals surface area contributed by atoms with Crippen LogP contribution >= 0.6 is 11.6 Å². The molecule has 0 unspecified atom stereocenters. The van der Waals surface area contributed by atoms with Crippen molar-refractivity contribution in [3.05, 3.63) is 40.5 Å². The molecule has 30 heavy (non-hydrogen) atoms. The molecule has 3 rings (SSSR count). The second-order valence-electron chi connectivity index (χ2n) is 7.62. The molecule has 9 heteroatoms. The van der Waals surface area contributed by atoms with E-state index in [0.29, 0.717) is 29.9 Å². The number of nitrogens with zero attached hydrogens (tertiary/aromatic N) is 6. The number of aromatic nitrogens is 2. The van der Waals surface area contributed by atoms with Crippen molar-refractivity contribution in [2.24, 2.45) is 4.99 Å². The third kappa shape index (κ3) is 4.74. The molecule has 0 aliphatic carbocycles. The van der Waals surface area contributed by atoms with Gasteiger partial charge < -0.3 is 19.9 Å². The third-order valence-electron chi connectivity index (χ3n) is 4.88. The highest BCUT2D eigenvalue weighted by Gasteiger charge is 2.37. The summed E-state index contributed by atoms with van der Waals surface area (Å²) in [6.45, 7) is 9.62. The van der Waals surface area contributed by atoms with Crippen molar-refractivity contribution < 1.29 is 4.74 Å². The maximum atomic E-state index is 9.16. The standard InChI is InChI=1S/C21H26ClN7O/c1-13(2)29(19-18(22)9-24-21(27-19)30-5)17-10-28(11-17)20(25-12-23)26-16-7-14(3)6-15(4)8-16/h6-9,13,17H,10-11H2,1-5H3,(H,25,26). The van der Waals surface area contributed by atoms with E-state index < -0.39 is 0 Å². The molecule has 2 aromatic rings. The largest absolute Gasteiger partial charge is 0.467 e. The summed E-state index contributed by atoms with van der Waals surface area (Å²) in [7, 11) is 1.53. The molecule has 1 aliphatic heterocycles. The second-order valence-corrected chi connectivity index (χ2v) is 8.03. The van der Waals surface area contributed by atoms with Gasteiger partial charge in [-0.2, -0.15) is 10.2 Å². The van der Waals surface area contributed by atoms with Gasteiger partial charge in [0, 0.05) is 24.8 Å². The van der Waals surface area contributed by atoms with Crippen LogP contribution in [0.4, 0.5) is 11.5 Å². The molecule has 1 saturated heterocycles. The summed E-state index contributed by atoms with van der Waals surface area (Å²) in [6.07, 6.45) is 3.46. The zero-order valence-electron chi connectivity index (χ0n) is 17.8. The number of ether oxygens (including phenoxy) is 1. The van der Waals surface area contributed by atoms with Gasteiger partial charge in [0.05, 0.1) is 19.3 Å². The number of rotatable bonds is 5. The predicted octanol–water partition coefficient (Wildman–Crippen LogP) is 3.60. The Balaban J connectivity index is 1.77. The van der Waals surface area contributed by atoms with Gasteiger partial charge >= 0.3 is 6.01 Å². The van der Waals surface area contributed by atoms with Crippen LogP contribution in [0.5, 0.6) is 6.01 Å². The Bertz CT molecular complexity index is 960. The summed E-state index contributed by atoms with van der Waals surface area (Å²) in [5, 5.41) is 12.9. The number of nitriles is 1. The maximum absolute atomic E-state index is 9.16. The zero-order valence-corrected chi connectivity index (χ0v) is 18.6. The van der Waals surface area contributed by atoms with Gasteiger partial charge in [-0.05, 0) is 51.0 Å². The van der Waals surface area contributed by atoms with E-state index in [1.54, 1.807) is 6.20 Å². The third-order valence-corrected chi connectivity index (χ3v) is 5.14. The van der Waals surface area contributed by atoms with Gasteiger partial charge in [0.25, 0.3) is 0 Å². The molecule has 0 amide bonds. The molecule has 1 aromatic carbocycles. The summed E-state index contributed by atoms with van der Waals surface area (Å²) < 4.78 is 5.16. The molecule has 0 bridgehead atoms. The highest BCUT2D eigenvalue weighted by atomic mass is 35.5. The average Bonchev–Trinajstić information content (AvgIpc) is 2.64. The van der Waals surface area contributed by atoms with Crippen LogP contribution in [-0.2, 0) is 0 Å². The number of benzene rings is 1. The number of nitrogens with one attached hydrogen (secondary N) is 1. The fourth-order valence-electron chi connectivity index (χ4n) is 3.67. The molecule has 8 nitrogen and oxygen atoms in total. The Labute approximate surface area is 182 Å². The number of guanidine groups is 1. The maximum Gasteiger partial charge on any atom is 0.318 e. The Morgan fingerprint density at radius 3 is 2.57 bits per heavy atom. The van der Waals surface area contributed by atoms with Gasteiger partial charge in [0.2, 0.25) is 12.2 Å². The lowest BCUT2D eigenvalue weighted by Gasteiger charge is -2.48. The number of likely N-dealkylation sites (tertiary alicyclic amines) is 1. The minimum absolute atomic E-state index is 0.159. The quantitative estimate of drug-likeness (QED) is 0.443. The van der Waals surface area contributed by atoms with E-state index in [0.717, 1.165) is 16.8 Å². The van der Waals surface area contributed by atoms with Gasteiger partial charge in [-0.15, -0.1) is 4.99 Å². The van der Waals surface area contributed by atoms with Crippen LogP contribution < -0.4 is 15.0 Å². The van der Waals surface area contributed by atoms with E-state index in [-0.39, 0.29) is 18.1 Å². The van der Waals surface area contributed by atoms with E-state index in [4.69, 9.17) is 21.6 Å². The summed E-state index contributed by atoms with van der Waals surface area (Å²) in [5.74, 6) is 1.18. The molecule has 0 radical (unpaired) electrons. The normalized spacial score (nSPS) is 14.3. The zero-order chi connectivity index (χ0) is 21.8. The van der Waals surface area contributed by atoms with Crippen molar-refractivity contribution in [1.29, 1.82) is 5.26 Å². The van der Waals surface area contributed by atoms with Gasteiger partial charge in [-0.25, -0.2) is 4.98 Å².